The second-order valence-electron chi connectivity index (χ2n) is 9.54. The number of carbonyl (C=O) groups is 1. The SMILES string of the molecule is CC.COc1cc2c(Oc3ccc4c(c3)CC(C)N4)ncnc2cc1OCCN1CCN(CC(C)=O)CC1. The molecule has 1 saturated heterocycles. The molecule has 2 aliphatic rings. The van der Waals surface area contributed by atoms with Crippen LogP contribution in [0.3, 0.4) is 0 Å². The van der Waals surface area contributed by atoms with Crippen LogP contribution in [0.25, 0.3) is 10.9 Å². The van der Waals surface area contributed by atoms with E-state index >= 15 is 0 Å². The average molecular weight is 522 g/mol. The second-order valence-corrected chi connectivity index (χ2v) is 9.54. The van der Waals surface area contributed by atoms with Crippen LogP contribution in [-0.2, 0) is 11.2 Å². The van der Waals surface area contributed by atoms with Gasteiger partial charge in [0.05, 0.1) is 24.6 Å². The van der Waals surface area contributed by atoms with Crippen LogP contribution < -0.4 is 19.5 Å². The Morgan fingerprint density at radius 1 is 1.05 bits per heavy atom. The van der Waals surface area contributed by atoms with Gasteiger partial charge in [-0.1, -0.05) is 13.8 Å². The monoisotopic (exact) mass is 521 g/mol. The molecule has 9 heteroatoms. The third-order valence-corrected chi connectivity index (χ3v) is 6.68. The van der Waals surface area contributed by atoms with Crippen LogP contribution in [0.4, 0.5) is 5.69 Å². The summed E-state index contributed by atoms with van der Waals surface area (Å²) < 4.78 is 17.9. The number of piperazine rings is 1. The molecule has 38 heavy (non-hydrogen) atoms. The van der Waals surface area contributed by atoms with E-state index in [4.69, 9.17) is 14.2 Å². The molecular weight excluding hydrogens is 482 g/mol. The highest BCUT2D eigenvalue weighted by Crippen LogP contribution is 2.37. The lowest BCUT2D eigenvalue weighted by Gasteiger charge is -2.34. The summed E-state index contributed by atoms with van der Waals surface area (Å²) in [5, 5.41) is 4.22. The molecule has 0 aliphatic carbocycles. The molecule has 5 rings (SSSR count). The molecule has 3 aromatic rings. The number of anilines is 1. The van der Waals surface area contributed by atoms with Crippen LogP contribution in [0.1, 0.15) is 33.3 Å². The van der Waals surface area contributed by atoms with E-state index in [1.54, 1.807) is 14.0 Å². The first-order chi connectivity index (χ1) is 18.5. The molecule has 0 saturated carbocycles. The summed E-state index contributed by atoms with van der Waals surface area (Å²) in [5.41, 5.74) is 3.13. The van der Waals surface area contributed by atoms with E-state index in [2.05, 4.69) is 38.1 Å². The highest BCUT2D eigenvalue weighted by Gasteiger charge is 2.20. The predicted molar refractivity (Wildman–Crippen MR) is 150 cm³/mol. The summed E-state index contributed by atoms with van der Waals surface area (Å²) in [5.74, 6) is 2.69. The van der Waals surface area contributed by atoms with Gasteiger partial charge in [-0.15, -0.1) is 0 Å². The van der Waals surface area contributed by atoms with Crippen molar-refractivity contribution >= 4 is 22.4 Å². The van der Waals surface area contributed by atoms with E-state index < -0.39 is 0 Å². The van der Waals surface area contributed by atoms with E-state index in [0.29, 0.717) is 36.6 Å². The highest BCUT2D eigenvalue weighted by molar-refractivity contribution is 5.87. The van der Waals surface area contributed by atoms with Crippen molar-refractivity contribution in [3.05, 3.63) is 42.2 Å². The number of ketones is 1. The Kier molecular flexibility index (Phi) is 9.36. The van der Waals surface area contributed by atoms with E-state index in [1.165, 1.54) is 11.9 Å². The van der Waals surface area contributed by atoms with E-state index in [9.17, 15) is 4.79 Å². The minimum absolute atomic E-state index is 0.215. The zero-order chi connectivity index (χ0) is 27.1. The lowest BCUT2D eigenvalue weighted by molar-refractivity contribution is -0.118. The highest BCUT2D eigenvalue weighted by atomic mass is 16.5. The molecule has 1 unspecified atom stereocenters. The third kappa shape index (κ3) is 6.71. The van der Waals surface area contributed by atoms with Crippen LogP contribution in [0, 0.1) is 0 Å². The van der Waals surface area contributed by atoms with Crippen molar-refractivity contribution in [2.24, 2.45) is 0 Å². The molecule has 1 N–H and O–H groups in total. The summed E-state index contributed by atoms with van der Waals surface area (Å²) in [6, 6.07) is 10.2. The fraction of sp³-hybridized carbons (Fsp3) is 0.483. The molecule has 1 fully saturated rings. The molecule has 204 valence electrons. The molecule has 0 bridgehead atoms. The standard InChI is InChI=1S/C27H33N5O4.C2H6/c1-18-12-20-13-21(4-5-23(20)30-18)36-27-22-14-25(34-3)26(15-24(22)28-17-29-27)35-11-10-31-6-8-32(9-7-31)16-19(2)33;1-2/h4-5,13-15,17-18,30H,6-12,16H2,1-3H3;1-2H3. The number of carbonyl (C=O) groups excluding carboxylic acids is 1. The zero-order valence-electron chi connectivity index (χ0n) is 23.1. The molecule has 2 aliphatic heterocycles. The van der Waals surface area contributed by atoms with Gasteiger partial charge in [-0.2, -0.15) is 0 Å². The van der Waals surface area contributed by atoms with Gasteiger partial charge in [0.1, 0.15) is 24.5 Å². The summed E-state index contributed by atoms with van der Waals surface area (Å²) in [6.07, 6.45) is 2.48. The Balaban J connectivity index is 0.00000164. The lowest BCUT2D eigenvalue weighted by Crippen LogP contribution is -2.48. The predicted octanol–water partition coefficient (Wildman–Crippen LogP) is 4.40. The Morgan fingerprint density at radius 2 is 1.82 bits per heavy atom. The summed E-state index contributed by atoms with van der Waals surface area (Å²) in [4.78, 5) is 24.7. The molecule has 9 nitrogen and oxygen atoms in total. The molecule has 0 radical (unpaired) electrons. The molecular formula is C29H39N5O4. The molecule has 3 heterocycles. The van der Waals surface area contributed by atoms with Crippen molar-refractivity contribution in [1.82, 2.24) is 19.8 Å². The van der Waals surface area contributed by atoms with Crippen molar-refractivity contribution < 1.29 is 19.0 Å². The number of hydrogen-bond acceptors (Lipinski definition) is 9. The Labute approximate surface area is 225 Å². The number of nitrogens with zero attached hydrogens (tertiary/aromatic N) is 4. The third-order valence-electron chi connectivity index (χ3n) is 6.68. The van der Waals surface area contributed by atoms with Crippen molar-refractivity contribution in [1.29, 1.82) is 0 Å². The number of aromatic nitrogens is 2. The van der Waals surface area contributed by atoms with Gasteiger partial charge in [0, 0.05) is 50.5 Å². The number of nitrogens with one attached hydrogen (secondary N) is 1. The van der Waals surface area contributed by atoms with Crippen molar-refractivity contribution in [2.45, 2.75) is 40.2 Å². The first-order valence-electron chi connectivity index (χ1n) is 13.5. The van der Waals surface area contributed by atoms with Gasteiger partial charge >= 0.3 is 0 Å². The minimum Gasteiger partial charge on any atom is -0.493 e. The van der Waals surface area contributed by atoms with Crippen molar-refractivity contribution in [2.75, 3.05) is 58.3 Å². The van der Waals surface area contributed by atoms with Crippen LogP contribution in [0.2, 0.25) is 0 Å². The zero-order valence-corrected chi connectivity index (χ0v) is 23.1. The quantitative estimate of drug-likeness (QED) is 0.440. The van der Waals surface area contributed by atoms with Crippen LogP contribution in [0.15, 0.2) is 36.7 Å². The van der Waals surface area contributed by atoms with Gasteiger partial charge in [-0.05, 0) is 50.1 Å². The maximum Gasteiger partial charge on any atom is 0.230 e. The van der Waals surface area contributed by atoms with Gasteiger partial charge in [0.15, 0.2) is 11.5 Å². The Morgan fingerprint density at radius 3 is 2.55 bits per heavy atom. The van der Waals surface area contributed by atoms with Gasteiger partial charge in [-0.3, -0.25) is 14.6 Å². The molecule has 0 spiro atoms. The number of benzene rings is 2. The molecule has 1 aromatic heterocycles. The first kappa shape index (κ1) is 27.6. The molecule has 0 amide bonds. The molecule has 1 atom stereocenters. The number of fused-ring (bicyclic) bond motifs is 2. The number of Topliss-reactive ketones (excluding diaryl/α,β-unsaturated/α-hetero) is 1. The average Bonchev–Trinajstić information content (AvgIpc) is 3.29. The second kappa shape index (κ2) is 12.9. The van der Waals surface area contributed by atoms with Crippen molar-refractivity contribution in [3.63, 3.8) is 0 Å². The van der Waals surface area contributed by atoms with Gasteiger partial charge < -0.3 is 19.5 Å². The number of rotatable bonds is 9. The van der Waals surface area contributed by atoms with E-state index in [-0.39, 0.29) is 5.78 Å². The lowest BCUT2D eigenvalue weighted by atomic mass is 10.1. The minimum atomic E-state index is 0.215. The maximum absolute atomic E-state index is 11.3. The molecule has 2 aromatic carbocycles. The Bertz CT molecular complexity index is 1240. The summed E-state index contributed by atoms with van der Waals surface area (Å²) in [7, 11) is 1.63. The normalized spacial score (nSPS) is 17.2. The van der Waals surface area contributed by atoms with Gasteiger partial charge in [-0.25, -0.2) is 9.97 Å². The van der Waals surface area contributed by atoms with Crippen LogP contribution in [0.5, 0.6) is 23.1 Å². The first-order valence-corrected chi connectivity index (χ1v) is 13.5. The van der Waals surface area contributed by atoms with Gasteiger partial charge in [0.25, 0.3) is 0 Å². The fourth-order valence-electron chi connectivity index (χ4n) is 4.87. The van der Waals surface area contributed by atoms with Crippen molar-refractivity contribution in [3.8, 4) is 23.1 Å². The Hall–Kier alpha value is -3.43. The van der Waals surface area contributed by atoms with Crippen LogP contribution in [-0.4, -0.2) is 84.6 Å². The van der Waals surface area contributed by atoms with E-state index in [1.807, 2.05) is 38.1 Å². The smallest absolute Gasteiger partial charge is 0.230 e. The largest absolute Gasteiger partial charge is 0.493 e. The number of hydrogen-bond donors (Lipinski definition) is 1. The van der Waals surface area contributed by atoms with Crippen LogP contribution >= 0.6 is 0 Å². The van der Waals surface area contributed by atoms with E-state index in [0.717, 1.165) is 61.5 Å². The summed E-state index contributed by atoms with van der Waals surface area (Å²) in [6.45, 7) is 13.3. The summed E-state index contributed by atoms with van der Waals surface area (Å²) >= 11 is 0. The maximum atomic E-state index is 11.3. The van der Waals surface area contributed by atoms with Gasteiger partial charge in [0.2, 0.25) is 5.88 Å². The fourth-order valence-corrected chi connectivity index (χ4v) is 4.87. The number of ether oxygens (including phenoxy) is 3. The topological polar surface area (TPSA) is 89.0 Å². The number of methoxy groups -OCH3 is 1.